The van der Waals surface area contributed by atoms with Gasteiger partial charge in [-0.1, -0.05) is 54.6 Å². The second-order valence-electron chi connectivity index (χ2n) is 9.79. The minimum Gasteiger partial charge on any atom is -0.352 e. The van der Waals surface area contributed by atoms with Gasteiger partial charge in [-0.25, -0.2) is 0 Å². The second kappa shape index (κ2) is 10.7. The van der Waals surface area contributed by atoms with Gasteiger partial charge in [0, 0.05) is 47.8 Å². The van der Waals surface area contributed by atoms with Crippen LogP contribution in [0, 0.1) is 6.92 Å². The van der Waals surface area contributed by atoms with Crippen molar-refractivity contribution in [3.63, 3.8) is 0 Å². The molecule has 194 valence electrons. The first-order valence-electron chi connectivity index (χ1n) is 13.1. The third-order valence-corrected chi connectivity index (χ3v) is 7.56. The van der Waals surface area contributed by atoms with Crippen LogP contribution in [0.3, 0.4) is 0 Å². The zero-order valence-electron chi connectivity index (χ0n) is 21.6. The van der Waals surface area contributed by atoms with Crippen molar-refractivity contribution in [1.29, 1.82) is 0 Å². The third-order valence-electron chi connectivity index (χ3n) is 7.20. The molecule has 5 aromatic rings. The lowest BCUT2D eigenvalue weighted by atomic mass is 10.0. The number of fused-ring (bicyclic) bond motifs is 1. The van der Waals surface area contributed by atoms with Crippen molar-refractivity contribution >= 4 is 39.7 Å². The Bertz CT molecular complexity index is 1640. The number of nitrogens with one attached hydrogen (secondary N) is 2. The number of hydrogen-bond acceptors (Lipinski definition) is 3. The minimum atomic E-state index is -0.154. The van der Waals surface area contributed by atoms with E-state index >= 15 is 0 Å². The summed E-state index contributed by atoms with van der Waals surface area (Å²) in [6.45, 7) is 2.56. The van der Waals surface area contributed by atoms with Crippen LogP contribution < -0.4 is 10.6 Å². The Morgan fingerprint density at radius 2 is 1.79 bits per heavy atom. The van der Waals surface area contributed by atoms with Gasteiger partial charge in [-0.2, -0.15) is 0 Å². The van der Waals surface area contributed by atoms with Gasteiger partial charge >= 0.3 is 0 Å². The Morgan fingerprint density at radius 3 is 2.64 bits per heavy atom. The van der Waals surface area contributed by atoms with Gasteiger partial charge in [-0.05, 0) is 72.6 Å². The summed E-state index contributed by atoms with van der Waals surface area (Å²) in [5.41, 5.74) is 5.08. The largest absolute Gasteiger partial charge is 0.352 e. The SMILES string of the molecule is Cc1cccc(-n2cccc2C2C(c3ccccn3)NC(=S)N2CCC(=O)Nc2cccc3ccccc23)c1. The van der Waals surface area contributed by atoms with Crippen LogP contribution >= 0.6 is 12.2 Å². The smallest absolute Gasteiger partial charge is 0.226 e. The summed E-state index contributed by atoms with van der Waals surface area (Å²) in [5, 5.41) is 9.34. The van der Waals surface area contributed by atoms with E-state index in [4.69, 9.17) is 12.2 Å². The minimum absolute atomic E-state index is 0.0525. The topological polar surface area (TPSA) is 62.2 Å². The van der Waals surface area contributed by atoms with E-state index in [1.54, 1.807) is 6.20 Å². The van der Waals surface area contributed by atoms with Crippen molar-refractivity contribution in [1.82, 2.24) is 19.8 Å². The molecule has 39 heavy (non-hydrogen) atoms. The van der Waals surface area contributed by atoms with E-state index in [9.17, 15) is 4.79 Å². The molecule has 0 bridgehead atoms. The lowest BCUT2D eigenvalue weighted by Crippen LogP contribution is -2.33. The van der Waals surface area contributed by atoms with Crippen molar-refractivity contribution in [3.8, 4) is 5.69 Å². The summed E-state index contributed by atoms with van der Waals surface area (Å²) in [6, 6.07) is 32.2. The number of nitrogens with zero attached hydrogens (tertiary/aromatic N) is 3. The highest BCUT2D eigenvalue weighted by Gasteiger charge is 2.41. The summed E-state index contributed by atoms with van der Waals surface area (Å²) in [4.78, 5) is 19.9. The van der Waals surface area contributed by atoms with Crippen LogP contribution in [-0.2, 0) is 4.79 Å². The molecule has 2 atom stereocenters. The Kier molecular flexibility index (Phi) is 6.82. The molecule has 3 aromatic carbocycles. The Hall–Kier alpha value is -4.49. The number of pyridine rings is 1. The van der Waals surface area contributed by atoms with Crippen molar-refractivity contribution in [2.45, 2.75) is 25.4 Å². The molecule has 2 N–H and O–H groups in total. The molecule has 1 aliphatic heterocycles. The predicted octanol–water partition coefficient (Wildman–Crippen LogP) is 6.34. The number of benzene rings is 3. The lowest BCUT2D eigenvalue weighted by Gasteiger charge is -2.29. The van der Waals surface area contributed by atoms with E-state index < -0.39 is 0 Å². The summed E-state index contributed by atoms with van der Waals surface area (Å²) < 4.78 is 2.20. The fourth-order valence-electron chi connectivity index (χ4n) is 5.39. The van der Waals surface area contributed by atoms with Gasteiger partial charge in [-0.3, -0.25) is 9.78 Å². The van der Waals surface area contributed by atoms with Gasteiger partial charge < -0.3 is 20.1 Å². The zero-order valence-corrected chi connectivity index (χ0v) is 22.4. The first kappa shape index (κ1) is 24.8. The van der Waals surface area contributed by atoms with Gasteiger partial charge in [0.25, 0.3) is 0 Å². The summed E-state index contributed by atoms with van der Waals surface area (Å²) in [7, 11) is 0. The van der Waals surface area contributed by atoms with E-state index in [1.165, 1.54) is 5.56 Å². The van der Waals surface area contributed by atoms with Crippen LogP contribution in [0.4, 0.5) is 5.69 Å². The van der Waals surface area contributed by atoms with E-state index in [0.29, 0.717) is 18.1 Å². The molecule has 6 rings (SSSR count). The fourth-order valence-corrected chi connectivity index (χ4v) is 5.72. The molecule has 1 aliphatic rings. The number of hydrogen-bond donors (Lipinski definition) is 2. The second-order valence-corrected chi connectivity index (χ2v) is 10.2. The third kappa shape index (κ3) is 5.01. The first-order valence-corrected chi connectivity index (χ1v) is 13.5. The maximum Gasteiger partial charge on any atom is 0.226 e. The molecule has 2 aromatic heterocycles. The van der Waals surface area contributed by atoms with Gasteiger partial charge in [0.15, 0.2) is 5.11 Å². The van der Waals surface area contributed by atoms with E-state index in [2.05, 4.69) is 74.6 Å². The highest BCUT2D eigenvalue weighted by Crippen LogP contribution is 2.39. The van der Waals surface area contributed by atoms with Gasteiger partial charge in [0.2, 0.25) is 5.91 Å². The number of aromatic nitrogens is 2. The number of rotatable bonds is 7. The van der Waals surface area contributed by atoms with Crippen LogP contribution in [0.1, 0.15) is 35.5 Å². The number of carbonyl (C=O) groups excluding carboxylic acids is 1. The highest BCUT2D eigenvalue weighted by atomic mass is 32.1. The van der Waals surface area contributed by atoms with Crippen LogP contribution in [0.15, 0.2) is 109 Å². The number of thiocarbonyl (C=S) groups is 1. The van der Waals surface area contributed by atoms with Crippen LogP contribution in [0.25, 0.3) is 16.5 Å². The number of amides is 1. The quantitative estimate of drug-likeness (QED) is 0.240. The van der Waals surface area contributed by atoms with Crippen molar-refractivity contribution in [2.24, 2.45) is 0 Å². The van der Waals surface area contributed by atoms with Crippen molar-refractivity contribution < 1.29 is 4.79 Å². The molecule has 7 heteroatoms. The monoisotopic (exact) mass is 531 g/mol. The van der Waals surface area contributed by atoms with E-state index in [-0.39, 0.29) is 18.0 Å². The Labute approximate surface area is 233 Å². The molecule has 0 saturated carbocycles. The molecule has 0 radical (unpaired) electrons. The van der Waals surface area contributed by atoms with Gasteiger partial charge in [0.05, 0.1) is 17.8 Å². The Morgan fingerprint density at radius 1 is 0.974 bits per heavy atom. The fraction of sp³-hybridized carbons (Fsp3) is 0.156. The molecule has 1 saturated heterocycles. The molecule has 1 fully saturated rings. The average molecular weight is 532 g/mol. The summed E-state index contributed by atoms with van der Waals surface area (Å²) in [5.74, 6) is -0.0525. The summed E-state index contributed by atoms with van der Waals surface area (Å²) >= 11 is 5.84. The molecular formula is C32H29N5OS. The van der Waals surface area contributed by atoms with Crippen LogP contribution in [-0.4, -0.2) is 32.0 Å². The molecule has 1 amide bonds. The Balaban J connectivity index is 1.29. The standard InChI is InChI=1S/C32H29N5OS/c1-22-9-6-12-24(21-22)36-19-8-16-28(36)31-30(27-14-4-5-18-33-27)35-32(39)37(31)20-17-29(38)34-26-15-7-11-23-10-2-3-13-25(23)26/h2-16,18-19,21,30-31H,17,20H2,1H3,(H,34,38)(H,35,39). The van der Waals surface area contributed by atoms with Gasteiger partial charge in [0.1, 0.15) is 0 Å². The maximum absolute atomic E-state index is 13.2. The molecule has 0 spiro atoms. The van der Waals surface area contributed by atoms with Crippen molar-refractivity contribution in [3.05, 3.63) is 126 Å². The average Bonchev–Trinajstić information content (AvgIpc) is 3.57. The van der Waals surface area contributed by atoms with Crippen molar-refractivity contribution in [2.75, 3.05) is 11.9 Å². The molecule has 0 aliphatic carbocycles. The normalized spacial score (nSPS) is 16.8. The van der Waals surface area contributed by atoms with Gasteiger partial charge in [-0.15, -0.1) is 0 Å². The number of anilines is 1. The molecular weight excluding hydrogens is 502 g/mol. The molecule has 6 nitrogen and oxygen atoms in total. The number of aryl methyl sites for hydroxylation is 1. The zero-order chi connectivity index (χ0) is 26.8. The highest BCUT2D eigenvalue weighted by molar-refractivity contribution is 7.80. The van der Waals surface area contributed by atoms with Crippen LogP contribution in [0.5, 0.6) is 0 Å². The molecule has 2 unspecified atom stereocenters. The predicted molar refractivity (Wildman–Crippen MR) is 160 cm³/mol. The lowest BCUT2D eigenvalue weighted by molar-refractivity contribution is -0.116. The number of carbonyl (C=O) groups is 1. The summed E-state index contributed by atoms with van der Waals surface area (Å²) in [6.07, 6.45) is 4.17. The van der Waals surface area contributed by atoms with Crippen LogP contribution in [0.2, 0.25) is 0 Å². The van der Waals surface area contributed by atoms with E-state index in [0.717, 1.165) is 33.5 Å². The van der Waals surface area contributed by atoms with E-state index in [1.807, 2.05) is 60.7 Å². The first-order chi connectivity index (χ1) is 19.1. The maximum atomic E-state index is 13.2. The molecule has 3 heterocycles.